The molecule has 84 valence electrons. The highest BCUT2D eigenvalue weighted by Gasteiger charge is 2.48. The Bertz CT molecular complexity index is 269. The molecule has 3 nitrogen and oxygen atoms in total. The van der Waals surface area contributed by atoms with E-state index < -0.39 is 5.54 Å². The Labute approximate surface area is 90.7 Å². The minimum atomic E-state index is -0.711. The number of esters is 1. The van der Waals surface area contributed by atoms with Crippen LogP contribution in [0, 0.1) is 11.8 Å². The van der Waals surface area contributed by atoms with Crippen molar-refractivity contribution in [2.75, 3.05) is 6.61 Å². The van der Waals surface area contributed by atoms with E-state index >= 15 is 0 Å². The Kier molecular flexibility index (Phi) is 2.83. The van der Waals surface area contributed by atoms with Gasteiger partial charge < -0.3 is 10.5 Å². The highest BCUT2D eigenvalue weighted by molar-refractivity contribution is 5.81. The Morgan fingerprint density at radius 2 is 1.93 bits per heavy atom. The average molecular weight is 209 g/mol. The van der Waals surface area contributed by atoms with Crippen LogP contribution < -0.4 is 5.73 Å². The van der Waals surface area contributed by atoms with Crippen LogP contribution in [-0.4, -0.2) is 18.1 Å². The van der Waals surface area contributed by atoms with Gasteiger partial charge in [0.05, 0.1) is 6.61 Å². The van der Waals surface area contributed by atoms with Crippen LogP contribution in [0.15, 0.2) is 12.2 Å². The first-order valence-corrected chi connectivity index (χ1v) is 5.77. The van der Waals surface area contributed by atoms with Crippen molar-refractivity contribution in [2.45, 2.75) is 38.1 Å². The molecular weight excluding hydrogens is 190 g/mol. The molecule has 0 heterocycles. The number of carbonyl (C=O) groups excluding carboxylic acids is 1. The number of allylic oxidation sites excluding steroid dienone is 2. The van der Waals surface area contributed by atoms with Gasteiger partial charge in [-0.25, -0.2) is 0 Å². The molecule has 1 fully saturated rings. The molecule has 3 heteroatoms. The second-order valence-corrected chi connectivity index (χ2v) is 4.75. The summed E-state index contributed by atoms with van der Waals surface area (Å²) in [5.41, 5.74) is 5.44. The maximum Gasteiger partial charge on any atom is 0.326 e. The van der Waals surface area contributed by atoms with Gasteiger partial charge in [-0.05, 0) is 44.4 Å². The lowest BCUT2D eigenvalue weighted by atomic mass is 9.86. The zero-order valence-electron chi connectivity index (χ0n) is 9.24. The van der Waals surface area contributed by atoms with Crippen LogP contribution in [-0.2, 0) is 9.53 Å². The van der Waals surface area contributed by atoms with Gasteiger partial charge in [0.15, 0.2) is 0 Å². The lowest BCUT2D eigenvalue weighted by molar-refractivity contribution is -0.149. The summed E-state index contributed by atoms with van der Waals surface area (Å²) in [6.45, 7) is 2.25. The fraction of sp³-hybridized carbons (Fsp3) is 0.750. The molecule has 2 rings (SSSR count). The van der Waals surface area contributed by atoms with Crippen LogP contribution in [0.4, 0.5) is 0 Å². The monoisotopic (exact) mass is 209 g/mol. The van der Waals surface area contributed by atoms with Gasteiger partial charge >= 0.3 is 5.97 Å². The van der Waals surface area contributed by atoms with Crippen molar-refractivity contribution in [3.8, 4) is 0 Å². The molecule has 0 unspecified atom stereocenters. The Morgan fingerprint density at radius 3 is 2.40 bits per heavy atom. The van der Waals surface area contributed by atoms with E-state index in [4.69, 9.17) is 10.5 Å². The Hall–Kier alpha value is -0.830. The summed E-state index contributed by atoms with van der Waals surface area (Å²) < 4.78 is 5.05. The van der Waals surface area contributed by atoms with Crippen molar-refractivity contribution >= 4 is 5.97 Å². The topological polar surface area (TPSA) is 52.3 Å². The fourth-order valence-electron chi connectivity index (χ4n) is 2.89. The summed E-state index contributed by atoms with van der Waals surface area (Å²) in [7, 11) is 0. The molecule has 0 aromatic rings. The molecule has 0 spiro atoms. The van der Waals surface area contributed by atoms with Gasteiger partial charge in [-0.1, -0.05) is 12.2 Å². The smallest absolute Gasteiger partial charge is 0.326 e. The van der Waals surface area contributed by atoms with E-state index in [0.29, 0.717) is 18.4 Å². The highest BCUT2D eigenvalue weighted by Crippen LogP contribution is 2.44. The van der Waals surface area contributed by atoms with E-state index in [1.807, 2.05) is 6.92 Å². The lowest BCUT2D eigenvalue weighted by Crippen LogP contribution is -2.47. The Balaban J connectivity index is 2.04. The molecule has 2 atom stereocenters. The SMILES string of the molecule is CCOC(=O)C1(N)C[C@H]2CC=CC[C@@H]2C1. The number of fused-ring (bicyclic) bond motifs is 1. The molecule has 2 aliphatic rings. The molecule has 0 radical (unpaired) electrons. The third-order valence-electron chi connectivity index (χ3n) is 3.65. The van der Waals surface area contributed by atoms with Crippen molar-refractivity contribution in [1.82, 2.24) is 0 Å². The lowest BCUT2D eigenvalue weighted by Gasteiger charge is -2.21. The van der Waals surface area contributed by atoms with E-state index in [1.165, 1.54) is 0 Å². The fourth-order valence-corrected chi connectivity index (χ4v) is 2.89. The first kappa shape index (κ1) is 10.7. The zero-order chi connectivity index (χ0) is 10.9. The van der Waals surface area contributed by atoms with Crippen LogP contribution >= 0.6 is 0 Å². The van der Waals surface area contributed by atoms with Gasteiger partial charge in [0, 0.05) is 0 Å². The Morgan fingerprint density at radius 1 is 1.40 bits per heavy atom. The quantitative estimate of drug-likeness (QED) is 0.555. The highest BCUT2D eigenvalue weighted by atomic mass is 16.5. The summed E-state index contributed by atoms with van der Waals surface area (Å²) in [5.74, 6) is 0.966. The first-order valence-electron chi connectivity index (χ1n) is 5.77. The minimum absolute atomic E-state index is 0.209. The standard InChI is InChI=1S/C12H19NO2/c1-2-15-11(14)12(13)7-9-5-3-4-6-10(9)8-12/h3-4,9-10H,2,5-8,13H2,1H3/t9-,10-/m1/s1. The summed E-state index contributed by atoms with van der Waals surface area (Å²) >= 11 is 0. The molecule has 15 heavy (non-hydrogen) atoms. The summed E-state index contributed by atoms with van der Waals surface area (Å²) in [4.78, 5) is 11.7. The normalized spacial score (nSPS) is 32.4. The number of nitrogens with two attached hydrogens (primary N) is 1. The molecule has 2 N–H and O–H groups in total. The van der Waals surface area contributed by atoms with Crippen LogP contribution in [0.1, 0.15) is 32.6 Å². The summed E-state index contributed by atoms with van der Waals surface area (Å²) in [6, 6.07) is 0. The molecule has 0 saturated heterocycles. The van der Waals surface area contributed by atoms with Gasteiger partial charge in [-0.3, -0.25) is 4.79 Å². The first-order chi connectivity index (χ1) is 7.15. The van der Waals surface area contributed by atoms with Crippen molar-refractivity contribution in [1.29, 1.82) is 0 Å². The average Bonchev–Trinajstić information content (AvgIpc) is 2.56. The molecule has 0 amide bonds. The van der Waals surface area contributed by atoms with Crippen molar-refractivity contribution < 1.29 is 9.53 Å². The van der Waals surface area contributed by atoms with Crippen molar-refractivity contribution in [2.24, 2.45) is 17.6 Å². The summed E-state index contributed by atoms with van der Waals surface area (Å²) in [6.07, 6.45) is 8.14. The van der Waals surface area contributed by atoms with Crippen molar-refractivity contribution in [3.05, 3.63) is 12.2 Å². The van der Waals surface area contributed by atoms with Crippen LogP contribution in [0.5, 0.6) is 0 Å². The van der Waals surface area contributed by atoms with Gasteiger partial charge in [-0.2, -0.15) is 0 Å². The predicted molar refractivity (Wildman–Crippen MR) is 58.1 cm³/mol. The van der Waals surface area contributed by atoms with E-state index in [2.05, 4.69) is 12.2 Å². The van der Waals surface area contributed by atoms with E-state index in [0.717, 1.165) is 25.7 Å². The third-order valence-corrected chi connectivity index (χ3v) is 3.65. The van der Waals surface area contributed by atoms with Gasteiger partial charge in [0.1, 0.15) is 5.54 Å². The third kappa shape index (κ3) is 1.93. The molecule has 0 aliphatic heterocycles. The van der Waals surface area contributed by atoms with E-state index in [-0.39, 0.29) is 5.97 Å². The number of hydrogen-bond acceptors (Lipinski definition) is 3. The van der Waals surface area contributed by atoms with E-state index in [1.54, 1.807) is 0 Å². The predicted octanol–water partition coefficient (Wildman–Crippen LogP) is 1.62. The molecular formula is C12H19NO2. The molecule has 0 aromatic carbocycles. The maximum atomic E-state index is 11.7. The molecule has 2 aliphatic carbocycles. The second-order valence-electron chi connectivity index (χ2n) is 4.75. The molecule has 0 bridgehead atoms. The summed E-state index contributed by atoms with van der Waals surface area (Å²) in [5, 5.41) is 0. The van der Waals surface area contributed by atoms with E-state index in [9.17, 15) is 4.79 Å². The largest absolute Gasteiger partial charge is 0.465 e. The van der Waals surface area contributed by atoms with Crippen LogP contribution in [0.2, 0.25) is 0 Å². The number of carbonyl (C=O) groups is 1. The molecule has 1 saturated carbocycles. The van der Waals surface area contributed by atoms with Gasteiger partial charge in [0.25, 0.3) is 0 Å². The number of rotatable bonds is 2. The van der Waals surface area contributed by atoms with Crippen LogP contribution in [0.3, 0.4) is 0 Å². The van der Waals surface area contributed by atoms with Gasteiger partial charge in [-0.15, -0.1) is 0 Å². The van der Waals surface area contributed by atoms with Crippen molar-refractivity contribution in [3.63, 3.8) is 0 Å². The number of hydrogen-bond donors (Lipinski definition) is 1. The minimum Gasteiger partial charge on any atom is -0.465 e. The number of ether oxygens (including phenoxy) is 1. The second kappa shape index (κ2) is 3.97. The zero-order valence-corrected chi connectivity index (χ0v) is 9.24. The van der Waals surface area contributed by atoms with Crippen LogP contribution in [0.25, 0.3) is 0 Å². The van der Waals surface area contributed by atoms with Gasteiger partial charge in [0.2, 0.25) is 0 Å². The maximum absolute atomic E-state index is 11.7. The molecule has 0 aromatic heterocycles.